The van der Waals surface area contributed by atoms with Gasteiger partial charge < -0.3 is 15.2 Å². The van der Waals surface area contributed by atoms with Gasteiger partial charge >= 0.3 is 0 Å². The van der Waals surface area contributed by atoms with Crippen LogP contribution in [0.5, 0.6) is 0 Å². The molecule has 0 atom stereocenters. The summed E-state index contributed by atoms with van der Waals surface area (Å²) in [5, 5.41) is 0. The number of amidine groups is 1. The van der Waals surface area contributed by atoms with Crippen LogP contribution in [0.4, 0.5) is 0 Å². The molecule has 0 aliphatic heterocycles. The van der Waals surface area contributed by atoms with Gasteiger partial charge in [-0.1, -0.05) is 29.2 Å². The van der Waals surface area contributed by atoms with Gasteiger partial charge in [0.2, 0.25) is 6.29 Å². The average Bonchev–Trinajstić information content (AvgIpc) is 2.39. The first-order chi connectivity index (χ1) is 9.08. The third-order valence-electron chi connectivity index (χ3n) is 2.67. The Morgan fingerprint density at radius 1 is 1.32 bits per heavy atom. The summed E-state index contributed by atoms with van der Waals surface area (Å²) in [6, 6.07) is 5.86. The second-order valence-electron chi connectivity index (χ2n) is 4.17. The molecule has 5 heteroatoms. The zero-order valence-corrected chi connectivity index (χ0v) is 11.8. The summed E-state index contributed by atoms with van der Waals surface area (Å²) in [4.78, 5) is 4.29. The maximum Gasteiger partial charge on any atom is 0.216 e. The highest BCUT2D eigenvalue weighted by molar-refractivity contribution is 6.33. The fourth-order valence-electron chi connectivity index (χ4n) is 1.57. The fourth-order valence-corrected chi connectivity index (χ4v) is 1.57. The lowest BCUT2D eigenvalue weighted by molar-refractivity contribution is -0.0907. The van der Waals surface area contributed by atoms with Crippen LogP contribution in [0.25, 0.3) is 0 Å². The third kappa shape index (κ3) is 5.05. The Hall–Kier alpha value is -1.33. The lowest BCUT2D eigenvalue weighted by atomic mass is 9.90. The van der Waals surface area contributed by atoms with Crippen LogP contribution in [-0.2, 0) is 16.0 Å². The van der Waals surface area contributed by atoms with Crippen molar-refractivity contribution in [3.05, 3.63) is 29.3 Å². The molecule has 0 spiro atoms. The Bertz CT molecular complexity index is 429. The Morgan fingerprint density at radius 3 is 2.47 bits per heavy atom. The molecule has 0 saturated heterocycles. The van der Waals surface area contributed by atoms with Crippen LogP contribution in [0.1, 0.15) is 25.0 Å². The van der Waals surface area contributed by atoms with Crippen molar-refractivity contribution in [2.45, 2.75) is 33.6 Å². The lowest BCUT2D eigenvalue weighted by Crippen LogP contribution is -2.34. The third-order valence-corrected chi connectivity index (χ3v) is 2.67. The van der Waals surface area contributed by atoms with Gasteiger partial charge in [-0.25, -0.2) is 0 Å². The predicted molar refractivity (Wildman–Crippen MR) is 78.9 cm³/mol. The number of hydrogen-bond acceptors (Lipinski definition) is 3. The molecule has 0 bridgehead atoms. The number of aliphatic imine (C=N–C) groups is 1. The minimum absolute atomic E-state index is 0.350. The van der Waals surface area contributed by atoms with E-state index < -0.39 is 6.29 Å². The van der Waals surface area contributed by atoms with Crippen LogP contribution in [0.3, 0.4) is 0 Å². The van der Waals surface area contributed by atoms with E-state index >= 15 is 0 Å². The molecule has 1 rings (SSSR count). The summed E-state index contributed by atoms with van der Waals surface area (Å²) in [5.74, 6) is 0.350. The molecule has 0 unspecified atom stereocenters. The molecule has 2 radical (unpaired) electrons. The highest BCUT2D eigenvalue weighted by atomic mass is 16.7. The van der Waals surface area contributed by atoms with Crippen molar-refractivity contribution in [1.29, 1.82) is 0 Å². The minimum atomic E-state index is -0.571. The van der Waals surface area contributed by atoms with Gasteiger partial charge in [0, 0.05) is 13.2 Å². The van der Waals surface area contributed by atoms with Crippen molar-refractivity contribution in [3.63, 3.8) is 0 Å². The highest BCUT2D eigenvalue weighted by Crippen LogP contribution is 2.03. The summed E-state index contributed by atoms with van der Waals surface area (Å²) < 4.78 is 10.7. The molecular weight excluding hydrogens is 239 g/mol. The van der Waals surface area contributed by atoms with E-state index in [0.717, 1.165) is 16.6 Å². The van der Waals surface area contributed by atoms with Crippen LogP contribution in [0.2, 0.25) is 0 Å². The van der Waals surface area contributed by atoms with E-state index in [4.69, 9.17) is 23.1 Å². The van der Waals surface area contributed by atoms with Gasteiger partial charge in [0.05, 0.1) is 6.54 Å². The molecule has 102 valence electrons. The zero-order chi connectivity index (χ0) is 14.3. The largest absolute Gasteiger partial charge is 0.383 e. The van der Waals surface area contributed by atoms with Crippen LogP contribution in [-0.4, -0.2) is 33.2 Å². The smallest absolute Gasteiger partial charge is 0.216 e. The molecule has 1 aromatic carbocycles. The first kappa shape index (κ1) is 15.7. The molecule has 0 amide bonds. The quantitative estimate of drug-likeness (QED) is 0.345. The van der Waals surface area contributed by atoms with E-state index in [0.29, 0.717) is 25.6 Å². The monoisotopic (exact) mass is 260 g/mol. The molecule has 4 nitrogen and oxygen atoms in total. The maximum absolute atomic E-state index is 5.87. The molecular formula is C14H21BN2O2. The number of nitrogens with zero attached hydrogens (tertiary/aromatic N) is 1. The first-order valence-electron chi connectivity index (χ1n) is 6.46. The molecule has 0 saturated carbocycles. The van der Waals surface area contributed by atoms with Gasteiger partial charge in [0.1, 0.15) is 7.85 Å². The summed E-state index contributed by atoms with van der Waals surface area (Å²) in [5.41, 5.74) is 8.71. The summed E-state index contributed by atoms with van der Waals surface area (Å²) in [7, 11) is 5.85. The van der Waals surface area contributed by atoms with E-state index in [1.54, 1.807) is 0 Å². The van der Waals surface area contributed by atoms with Crippen molar-refractivity contribution in [1.82, 2.24) is 0 Å². The molecule has 1 aromatic rings. The fraction of sp³-hybridized carbons (Fsp3) is 0.500. The maximum atomic E-state index is 5.87. The van der Waals surface area contributed by atoms with Crippen LogP contribution in [0.15, 0.2) is 23.2 Å². The molecule has 0 aliphatic rings. The standard InChI is InChI=1S/C14H21BN2O2/c1-4-18-14(19-5-2)13(16)17-9-11-7-6-10(3)12(15)8-11/h6-8,14H,4-5,9H2,1-3H3,(H2,16,17). The van der Waals surface area contributed by atoms with Gasteiger partial charge in [0.15, 0.2) is 5.84 Å². The number of nitrogens with two attached hydrogens (primary N) is 1. The molecule has 0 aliphatic carbocycles. The summed E-state index contributed by atoms with van der Waals surface area (Å²) in [6.45, 7) is 7.26. The van der Waals surface area contributed by atoms with Crippen molar-refractivity contribution >= 4 is 19.1 Å². The van der Waals surface area contributed by atoms with E-state index in [1.807, 2.05) is 39.0 Å². The second-order valence-corrected chi connectivity index (χ2v) is 4.17. The first-order valence-corrected chi connectivity index (χ1v) is 6.46. The van der Waals surface area contributed by atoms with Crippen molar-refractivity contribution in [3.8, 4) is 0 Å². The molecule has 0 heterocycles. The average molecular weight is 260 g/mol. The van der Waals surface area contributed by atoms with Gasteiger partial charge in [-0.2, -0.15) is 0 Å². The Morgan fingerprint density at radius 2 is 1.95 bits per heavy atom. The normalized spacial score (nSPS) is 12.1. The van der Waals surface area contributed by atoms with Crippen molar-refractivity contribution in [2.75, 3.05) is 13.2 Å². The summed E-state index contributed by atoms with van der Waals surface area (Å²) >= 11 is 0. The van der Waals surface area contributed by atoms with Gasteiger partial charge in [-0.05, 0) is 26.3 Å². The Labute approximate surface area is 116 Å². The second kappa shape index (κ2) is 7.97. The van der Waals surface area contributed by atoms with Crippen molar-refractivity contribution in [2.24, 2.45) is 10.7 Å². The van der Waals surface area contributed by atoms with E-state index in [-0.39, 0.29) is 0 Å². The van der Waals surface area contributed by atoms with Crippen LogP contribution >= 0.6 is 0 Å². The zero-order valence-electron chi connectivity index (χ0n) is 11.8. The molecule has 0 fully saturated rings. The highest BCUT2D eigenvalue weighted by Gasteiger charge is 2.12. The molecule has 2 N–H and O–H groups in total. The Balaban J connectivity index is 2.69. The number of hydrogen-bond donors (Lipinski definition) is 1. The summed E-state index contributed by atoms with van der Waals surface area (Å²) in [6.07, 6.45) is -0.571. The SMILES string of the molecule is [B]c1cc(CN=C(N)C(OCC)OCC)ccc1C. The van der Waals surface area contributed by atoms with Crippen molar-refractivity contribution < 1.29 is 9.47 Å². The number of rotatable bonds is 7. The van der Waals surface area contributed by atoms with Gasteiger partial charge in [0.25, 0.3) is 0 Å². The van der Waals surface area contributed by atoms with Crippen LogP contribution in [0, 0.1) is 6.92 Å². The lowest BCUT2D eigenvalue weighted by Gasteiger charge is -2.16. The van der Waals surface area contributed by atoms with E-state index in [9.17, 15) is 0 Å². The molecule has 19 heavy (non-hydrogen) atoms. The predicted octanol–water partition coefficient (Wildman–Crippen LogP) is 1.05. The number of benzene rings is 1. The van der Waals surface area contributed by atoms with Gasteiger partial charge in [-0.15, -0.1) is 0 Å². The Kier molecular flexibility index (Phi) is 6.60. The minimum Gasteiger partial charge on any atom is -0.383 e. The van der Waals surface area contributed by atoms with E-state index in [1.165, 1.54) is 0 Å². The van der Waals surface area contributed by atoms with E-state index in [2.05, 4.69) is 4.99 Å². The number of ether oxygens (including phenoxy) is 2. The molecule has 0 aromatic heterocycles. The topological polar surface area (TPSA) is 56.8 Å². The number of aryl methyl sites for hydroxylation is 1. The van der Waals surface area contributed by atoms with Gasteiger partial charge in [-0.3, -0.25) is 4.99 Å². The van der Waals surface area contributed by atoms with Crippen LogP contribution < -0.4 is 11.2 Å².